The SMILES string of the molecule is CN(C)c1cc(C(F)(F)F)nc(NCCC(C)(O)c2ccccc2)n1. The first-order chi connectivity index (χ1) is 11.6. The fourth-order valence-electron chi connectivity index (χ4n) is 2.25. The maximum Gasteiger partial charge on any atom is 0.433 e. The summed E-state index contributed by atoms with van der Waals surface area (Å²) in [7, 11) is 3.21. The van der Waals surface area contributed by atoms with Gasteiger partial charge in [0.15, 0.2) is 5.69 Å². The van der Waals surface area contributed by atoms with Crippen LogP contribution in [0, 0.1) is 0 Å². The van der Waals surface area contributed by atoms with Crippen LogP contribution in [0.25, 0.3) is 0 Å². The van der Waals surface area contributed by atoms with Crippen molar-refractivity contribution in [2.45, 2.75) is 25.1 Å². The summed E-state index contributed by atoms with van der Waals surface area (Å²) in [5.41, 5.74) is -1.39. The van der Waals surface area contributed by atoms with Crippen LogP contribution in [0.1, 0.15) is 24.6 Å². The van der Waals surface area contributed by atoms with Gasteiger partial charge in [-0.25, -0.2) is 4.98 Å². The number of anilines is 2. The minimum absolute atomic E-state index is 0.123. The summed E-state index contributed by atoms with van der Waals surface area (Å²) in [6, 6.07) is 9.96. The maximum absolute atomic E-state index is 13.0. The quantitative estimate of drug-likeness (QED) is 0.834. The van der Waals surface area contributed by atoms with E-state index in [2.05, 4.69) is 15.3 Å². The van der Waals surface area contributed by atoms with Crippen molar-refractivity contribution in [2.24, 2.45) is 0 Å². The molecule has 1 aromatic carbocycles. The van der Waals surface area contributed by atoms with Crippen molar-refractivity contribution in [3.63, 3.8) is 0 Å². The lowest BCUT2D eigenvalue weighted by molar-refractivity contribution is -0.141. The van der Waals surface area contributed by atoms with Crippen LogP contribution in [0.2, 0.25) is 0 Å². The minimum atomic E-state index is -4.56. The van der Waals surface area contributed by atoms with Gasteiger partial charge in [-0.2, -0.15) is 18.2 Å². The summed E-state index contributed by atoms with van der Waals surface area (Å²) < 4.78 is 38.9. The molecule has 0 aliphatic heterocycles. The predicted octanol–water partition coefficient (Wildman–Crippen LogP) is 3.27. The topological polar surface area (TPSA) is 61.3 Å². The Morgan fingerprint density at radius 3 is 2.32 bits per heavy atom. The summed E-state index contributed by atoms with van der Waals surface area (Å²) in [4.78, 5) is 9.06. The Morgan fingerprint density at radius 1 is 1.12 bits per heavy atom. The first-order valence-electron chi connectivity index (χ1n) is 7.75. The van der Waals surface area contributed by atoms with E-state index in [1.165, 1.54) is 4.90 Å². The van der Waals surface area contributed by atoms with Gasteiger partial charge in [-0.3, -0.25) is 0 Å². The maximum atomic E-state index is 13.0. The van der Waals surface area contributed by atoms with Crippen LogP contribution in [0.5, 0.6) is 0 Å². The third-order valence-electron chi connectivity index (χ3n) is 3.75. The molecule has 0 spiro atoms. The molecule has 1 aromatic heterocycles. The summed E-state index contributed by atoms with van der Waals surface area (Å²) in [5, 5.41) is 13.3. The van der Waals surface area contributed by atoms with Gasteiger partial charge in [0, 0.05) is 26.7 Å². The van der Waals surface area contributed by atoms with E-state index < -0.39 is 17.5 Å². The number of nitrogens with one attached hydrogen (secondary N) is 1. The Balaban J connectivity index is 2.11. The average molecular weight is 354 g/mol. The molecule has 0 aliphatic rings. The highest BCUT2D eigenvalue weighted by Gasteiger charge is 2.34. The number of aliphatic hydroxyl groups is 1. The van der Waals surface area contributed by atoms with Crippen molar-refractivity contribution in [3.8, 4) is 0 Å². The van der Waals surface area contributed by atoms with Crippen molar-refractivity contribution in [2.75, 3.05) is 30.9 Å². The van der Waals surface area contributed by atoms with E-state index in [4.69, 9.17) is 0 Å². The molecule has 2 aromatic rings. The molecular formula is C17H21F3N4O. The van der Waals surface area contributed by atoms with Gasteiger partial charge in [0.25, 0.3) is 0 Å². The normalized spacial score (nSPS) is 14.0. The Kier molecular flexibility index (Phi) is 5.52. The summed E-state index contributed by atoms with van der Waals surface area (Å²) in [5.74, 6) is 0.0297. The molecule has 2 rings (SSSR count). The Bertz CT molecular complexity index is 703. The highest BCUT2D eigenvalue weighted by molar-refractivity contribution is 5.44. The van der Waals surface area contributed by atoms with Crippen LogP contribution in [0.15, 0.2) is 36.4 Å². The van der Waals surface area contributed by atoms with Gasteiger partial charge in [-0.15, -0.1) is 0 Å². The van der Waals surface area contributed by atoms with E-state index in [1.807, 2.05) is 18.2 Å². The van der Waals surface area contributed by atoms with Crippen LogP contribution in [0.4, 0.5) is 24.9 Å². The van der Waals surface area contributed by atoms with Crippen molar-refractivity contribution in [1.82, 2.24) is 9.97 Å². The molecule has 0 aliphatic carbocycles. The Hall–Kier alpha value is -2.35. The van der Waals surface area contributed by atoms with Crippen LogP contribution >= 0.6 is 0 Å². The molecule has 0 radical (unpaired) electrons. The van der Waals surface area contributed by atoms with Crippen molar-refractivity contribution in [3.05, 3.63) is 47.7 Å². The molecule has 5 nitrogen and oxygen atoms in total. The second-order valence-corrected chi connectivity index (χ2v) is 6.14. The number of hydrogen-bond acceptors (Lipinski definition) is 5. The first-order valence-corrected chi connectivity index (χ1v) is 7.75. The molecule has 2 N–H and O–H groups in total. The largest absolute Gasteiger partial charge is 0.433 e. The molecule has 1 heterocycles. The fraction of sp³-hybridized carbons (Fsp3) is 0.412. The van der Waals surface area contributed by atoms with Gasteiger partial charge < -0.3 is 15.3 Å². The molecule has 8 heteroatoms. The van der Waals surface area contributed by atoms with Gasteiger partial charge in [-0.05, 0) is 18.9 Å². The summed E-state index contributed by atoms with van der Waals surface area (Å²) in [6.07, 6.45) is -4.27. The zero-order valence-corrected chi connectivity index (χ0v) is 14.3. The van der Waals surface area contributed by atoms with Crippen LogP contribution in [-0.2, 0) is 11.8 Å². The molecule has 0 amide bonds. The Labute approximate surface area is 144 Å². The Morgan fingerprint density at radius 2 is 1.76 bits per heavy atom. The first kappa shape index (κ1) is 19.0. The lowest BCUT2D eigenvalue weighted by Gasteiger charge is -2.24. The molecule has 1 unspecified atom stereocenters. The molecule has 1 atom stereocenters. The predicted molar refractivity (Wildman–Crippen MR) is 90.5 cm³/mol. The van der Waals surface area contributed by atoms with E-state index >= 15 is 0 Å². The molecule has 0 saturated heterocycles. The number of benzene rings is 1. The van der Waals surface area contributed by atoms with E-state index in [0.29, 0.717) is 0 Å². The highest BCUT2D eigenvalue weighted by atomic mass is 19.4. The van der Waals surface area contributed by atoms with Gasteiger partial charge in [0.05, 0.1) is 5.60 Å². The zero-order chi connectivity index (χ0) is 18.7. The number of rotatable bonds is 6. The monoisotopic (exact) mass is 354 g/mol. The van der Waals surface area contributed by atoms with E-state index in [9.17, 15) is 18.3 Å². The lowest BCUT2D eigenvalue weighted by Crippen LogP contribution is -2.25. The second-order valence-electron chi connectivity index (χ2n) is 6.14. The molecule has 0 saturated carbocycles. The highest BCUT2D eigenvalue weighted by Crippen LogP contribution is 2.30. The van der Waals surface area contributed by atoms with Crippen LogP contribution in [-0.4, -0.2) is 35.7 Å². The molecule has 25 heavy (non-hydrogen) atoms. The minimum Gasteiger partial charge on any atom is -0.385 e. The molecule has 0 bridgehead atoms. The molecule has 136 valence electrons. The van der Waals surface area contributed by atoms with Crippen LogP contribution < -0.4 is 10.2 Å². The second kappa shape index (κ2) is 7.26. The standard InChI is InChI=1S/C17H21F3N4O/c1-16(25,12-7-5-4-6-8-12)9-10-21-15-22-13(17(18,19)20)11-14(23-15)24(2)3/h4-8,11,25H,9-10H2,1-3H3,(H,21,22,23). The third-order valence-corrected chi connectivity index (χ3v) is 3.75. The number of halogens is 3. The fourth-order valence-corrected chi connectivity index (χ4v) is 2.25. The number of aromatic nitrogens is 2. The number of nitrogens with zero attached hydrogens (tertiary/aromatic N) is 3. The van der Waals surface area contributed by atoms with Gasteiger partial charge in [0.2, 0.25) is 5.95 Å². The molecular weight excluding hydrogens is 333 g/mol. The van der Waals surface area contributed by atoms with Gasteiger partial charge in [0.1, 0.15) is 5.82 Å². The average Bonchev–Trinajstić information content (AvgIpc) is 2.54. The van der Waals surface area contributed by atoms with Crippen molar-refractivity contribution in [1.29, 1.82) is 0 Å². The van der Waals surface area contributed by atoms with Gasteiger partial charge in [-0.1, -0.05) is 30.3 Å². The van der Waals surface area contributed by atoms with Crippen LogP contribution in [0.3, 0.4) is 0 Å². The van der Waals surface area contributed by atoms with Gasteiger partial charge >= 0.3 is 6.18 Å². The smallest absolute Gasteiger partial charge is 0.385 e. The number of hydrogen-bond donors (Lipinski definition) is 2. The zero-order valence-electron chi connectivity index (χ0n) is 14.3. The van der Waals surface area contributed by atoms with Crippen molar-refractivity contribution < 1.29 is 18.3 Å². The van der Waals surface area contributed by atoms with Crippen molar-refractivity contribution >= 4 is 11.8 Å². The molecule has 0 fully saturated rings. The lowest BCUT2D eigenvalue weighted by atomic mass is 9.93. The summed E-state index contributed by atoms with van der Waals surface area (Å²) in [6.45, 7) is 1.87. The number of alkyl halides is 3. The van der Waals surface area contributed by atoms with E-state index in [1.54, 1.807) is 33.2 Å². The summed E-state index contributed by atoms with van der Waals surface area (Å²) >= 11 is 0. The van der Waals surface area contributed by atoms with E-state index in [-0.39, 0.29) is 24.7 Å². The van der Waals surface area contributed by atoms with E-state index in [0.717, 1.165) is 11.6 Å². The third kappa shape index (κ3) is 5.06.